The number of nitrogens with zero attached hydrogens (tertiary/aromatic N) is 2. The molecule has 116 valence electrons. The first kappa shape index (κ1) is 14.8. The Kier molecular flexibility index (Phi) is 3.36. The van der Waals surface area contributed by atoms with Crippen molar-refractivity contribution in [2.45, 2.75) is 39.8 Å². The van der Waals surface area contributed by atoms with Crippen LogP contribution in [0.5, 0.6) is 0 Å². The fraction of sp³-hybridized carbons (Fsp3) is 0.588. The Morgan fingerprint density at radius 2 is 2.14 bits per heavy atom. The molecule has 4 atom stereocenters. The number of ketones is 1. The summed E-state index contributed by atoms with van der Waals surface area (Å²) >= 11 is 0. The van der Waals surface area contributed by atoms with Gasteiger partial charge in [0.1, 0.15) is 11.9 Å². The predicted octanol–water partition coefficient (Wildman–Crippen LogP) is 1.89. The van der Waals surface area contributed by atoms with E-state index in [9.17, 15) is 10.1 Å². The monoisotopic (exact) mass is 298 g/mol. The van der Waals surface area contributed by atoms with Crippen molar-refractivity contribution in [1.29, 1.82) is 5.26 Å². The van der Waals surface area contributed by atoms with E-state index in [0.29, 0.717) is 5.57 Å². The van der Waals surface area contributed by atoms with Gasteiger partial charge in [0.25, 0.3) is 0 Å². The Hall–Kier alpha value is -2.09. The number of Topliss-reactive ketones (excluding diaryl/α,β-unsaturated/α-hetero) is 1. The number of allylic oxidation sites excluding steroid dienone is 2. The quantitative estimate of drug-likeness (QED) is 0.716. The van der Waals surface area contributed by atoms with E-state index in [1.807, 2.05) is 19.9 Å². The average molecular weight is 298 g/mol. The van der Waals surface area contributed by atoms with Gasteiger partial charge < -0.3 is 10.6 Å². The highest BCUT2D eigenvalue weighted by Gasteiger charge is 2.50. The number of hydrogen-bond acceptors (Lipinski definition) is 4. The van der Waals surface area contributed by atoms with Crippen molar-refractivity contribution in [3.63, 3.8) is 0 Å². The Balaban J connectivity index is 2.20. The molecule has 0 spiro atoms. The van der Waals surface area contributed by atoms with E-state index >= 15 is 0 Å². The highest BCUT2D eigenvalue weighted by molar-refractivity contribution is 6.03. The van der Waals surface area contributed by atoms with E-state index in [-0.39, 0.29) is 29.2 Å². The van der Waals surface area contributed by atoms with Gasteiger partial charge >= 0.3 is 0 Å². The molecule has 5 nitrogen and oxygen atoms in total. The number of carbonyl (C=O) groups is 1. The molecule has 0 bridgehead atoms. The maximum Gasteiger partial charge on any atom is 0.176 e. The predicted molar refractivity (Wildman–Crippen MR) is 84.8 cm³/mol. The fourth-order valence-corrected chi connectivity index (χ4v) is 4.29. The van der Waals surface area contributed by atoms with Crippen LogP contribution in [0.3, 0.4) is 0 Å². The third kappa shape index (κ3) is 1.90. The van der Waals surface area contributed by atoms with E-state index in [1.54, 1.807) is 7.05 Å². The summed E-state index contributed by atoms with van der Waals surface area (Å²) < 4.78 is 0. The van der Waals surface area contributed by atoms with Crippen LogP contribution in [-0.4, -0.2) is 24.8 Å². The standard InChI is InChI=1S/C17H22N4O/c1-9-13-6-5-12-15(20-10(2)21-16(12)19-4)17(13,3)7-11(8-18)14(9)22/h7,9-10,13,20H,5-6H2,1-4H3,(H,19,21)/t9-,10?,13-,17-/m0/s1. The molecular formula is C17H22N4O. The summed E-state index contributed by atoms with van der Waals surface area (Å²) in [4.78, 5) is 16.7. The van der Waals surface area contributed by atoms with Crippen LogP contribution >= 0.6 is 0 Å². The van der Waals surface area contributed by atoms with Crippen LogP contribution in [0.25, 0.3) is 0 Å². The van der Waals surface area contributed by atoms with E-state index in [1.165, 1.54) is 5.57 Å². The SMILES string of the molecule is CN=C1NC(C)NC2=C1CC[C@H]1[C@H](C)C(=O)C(C#N)=C[C@]21C. The summed E-state index contributed by atoms with van der Waals surface area (Å²) in [5.74, 6) is 1.03. The number of aliphatic imine (C=N–C) groups is 1. The number of nitriles is 1. The normalized spacial score (nSPS) is 39.2. The largest absolute Gasteiger partial charge is 0.368 e. The molecular weight excluding hydrogens is 276 g/mol. The average Bonchev–Trinajstić information content (AvgIpc) is 2.50. The highest BCUT2D eigenvalue weighted by atomic mass is 16.1. The molecule has 3 aliphatic rings. The first-order valence-corrected chi connectivity index (χ1v) is 7.83. The molecule has 0 aromatic rings. The topological polar surface area (TPSA) is 77.3 Å². The summed E-state index contributed by atoms with van der Waals surface area (Å²) in [6, 6.07) is 2.09. The second-order valence-corrected chi connectivity index (χ2v) is 6.69. The molecule has 1 heterocycles. The lowest BCUT2D eigenvalue weighted by Crippen LogP contribution is -2.56. The summed E-state index contributed by atoms with van der Waals surface area (Å²) in [5, 5.41) is 16.2. The number of fused-ring (bicyclic) bond motifs is 2. The van der Waals surface area contributed by atoms with Crippen LogP contribution in [0.15, 0.2) is 27.9 Å². The highest BCUT2D eigenvalue weighted by Crippen LogP contribution is 2.52. The Morgan fingerprint density at radius 1 is 1.41 bits per heavy atom. The minimum atomic E-state index is -0.307. The van der Waals surface area contributed by atoms with Crippen molar-refractivity contribution in [3.8, 4) is 6.07 Å². The number of amidine groups is 1. The van der Waals surface area contributed by atoms with Gasteiger partial charge in [-0.05, 0) is 25.7 Å². The van der Waals surface area contributed by atoms with Gasteiger partial charge in [0.05, 0.1) is 11.7 Å². The smallest absolute Gasteiger partial charge is 0.176 e. The summed E-state index contributed by atoms with van der Waals surface area (Å²) in [6.45, 7) is 6.15. The Morgan fingerprint density at radius 3 is 2.77 bits per heavy atom. The number of carbonyl (C=O) groups excluding carboxylic acids is 1. The minimum Gasteiger partial charge on any atom is -0.368 e. The van der Waals surface area contributed by atoms with Gasteiger partial charge in [-0.3, -0.25) is 9.79 Å². The van der Waals surface area contributed by atoms with Crippen LogP contribution in [-0.2, 0) is 4.79 Å². The van der Waals surface area contributed by atoms with Crippen molar-refractivity contribution in [2.75, 3.05) is 7.05 Å². The maximum absolute atomic E-state index is 12.3. The minimum absolute atomic E-state index is 0.0135. The van der Waals surface area contributed by atoms with E-state index < -0.39 is 0 Å². The molecule has 0 aromatic carbocycles. The molecule has 0 saturated heterocycles. The molecule has 0 aromatic heterocycles. The van der Waals surface area contributed by atoms with Crippen molar-refractivity contribution < 1.29 is 4.79 Å². The second kappa shape index (κ2) is 4.98. The van der Waals surface area contributed by atoms with E-state index in [0.717, 1.165) is 24.4 Å². The Labute approximate surface area is 131 Å². The number of nitrogens with one attached hydrogen (secondary N) is 2. The first-order valence-electron chi connectivity index (χ1n) is 7.83. The molecule has 0 saturated carbocycles. The van der Waals surface area contributed by atoms with Crippen molar-refractivity contribution in [3.05, 3.63) is 22.9 Å². The van der Waals surface area contributed by atoms with Crippen molar-refractivity contribution >= 4 is 11.6 Å². The molecule has 22 heavy (non-hydrogen) atoms. The number of hydrogen-bond donors (Lipinski definition) is 2. The van der Waals surface area contributed by atoms with Crippen LogP contribution in [0.1, 0.15) is 33.6 Å². The van der Waals surface area contributed by atoms with Crippen LogP contribution in [0.4, 0.5) is 0 Å². The van der Waals surface area contributed by atoms with Gasteiger partial charge in [0.15, 0.2) is 5.78 Å². The molecule has 0 radical (unpaired) electrons. The van der Waals surface area contributed by atoms with Crippen LogP contribution in [0.2, 0.25) is 0 Å². The second-order valence-electron chi connectivity index (χ2n) is 6.69. The molecule has 5 heteroatoms. The summed E-state index contributed by atoms with van der Waals surface area (Å²) in [6.07, 6.45) is 3.81. The molecule has 1 unspecified atom stereocenters. The fourth-order valence-electron chi connectivity index (χ4n) is 4.29. The van der Waals surface area contributed by atoms with Crippen LogP contribution < -0.4 is 10.6 Å². The van der Waals surface area contributed by atoms with Crippen molar-refractivity contribution in [2.24, 2.45) is 22.2 Å². The lowest BCUT2D eigenvalue weighted by atomic mass is 9.57. The van der Waals surface area contributed by atoms with Gasteiger partial charge in [0.2, 0.25) is 0 Å². The van der Waals surface area contributed by atoms with E-state index in [4.69, 9.17) is 0 Å². The summed E-state index contributed by atoms with van der Waals surface area (Å²) in [5.41, 5.74) is 2.30. The van der Waals surface area contributed by atoms with Gasteiger partial charge in [-0.1, -0.05) is 19.9 Å². The van der Waals surface area contributed by atoms with Crippen LogP contribution in [0, 0.1) is 28.6 Å². The lowest BCUT2D eigenvalue weighted by Gasteiger charge is -2.50. The zero-order chi connectivity index (χ0) is 16.1. The van der Waals surface area contributed by atoms with Crippen molar-refractivity contribution in [1.82, 2.24) is 10.6 Å². The van der Waals surface area contributed by atoms with Gasteiger partial charge in [0, 0.05) is 29.7 Å². The first-order chi connectivity index (χ1) is 10.4. The molecule has 3 rings (SSSR count). The van der Waals surface area contributed by atoms with E-state index in [2.05, 4.69) is 28.6 Å². The molecule has 0 amide bonds. The lowest BCUT2D eigenvalue weighted by molar-refractivity contribution is -0.122. The maximum atomic E-state index is 12.3. The van der Waals surface area contributed by atoms with Gasteiger partial charge in [-0.15, -0.1) is 0 Å². The Bertz CT molecular complexity index is 667. The zero-order valence-electron chi connectivity index (χ0n) is 13.5. The van der Waals surface area contributed by atoms with Gasteiger partial charge in [-0.2, -0.15) is 5.26 Å². The summed E-state index contributed by atoms with van der Waals surface area (Å²) in [7, 11) is 1.79. The molecule has 2 aliphatic carbocycles. The number of rotatable bonds is 0. The third-order valence-corrected chi connectivity index (χ3v) is 5.39. The zero-order valence-corrected chi connectivity index (χ0v) is 13.5. The molecule has 0 fully saturated rings. The third-order valence-electron chi connectivity index (χ3n) is 5.39. The van der Waals surface area contributed by atoms with Gasteiger partial charge in [-0.25, -0.2) is 0 Å². The molecule has 1 aliphatic heterocycles. The molecule has 2 N–H and O–H groups in total.